The van der Waals surface area contributed by atoms with E-state index in [1.807, 2.05) is 19.1 Å². The molecule has 0 fully saturated rings. The summed E-state index contributed by atoms with van der Waals surface area (Å²) in [4.78, 5) is 0.211. The molecule has 130 valence electrons. The van der Waals surface area contributed by atoms with Crippen molar-refractivity contribution in [1.29, 1.82) is 0 Å². The number of rotatable bonds is 6. The fourth-order valence-corrected chi connectivity index (χ4v) is 3.68. The predicted molar refractivity (Wildman–Crippen MR) is 95.0 cm³/mol. The van der Waals surface area contributed by atoms with Crippen molar-refractivity contribution < 1.29 is 17.6 Å². The van der Waals surface area contributed by atoms with Crippen molar-refractivity contribution in [3.05, 3.63) is 83.8 Å². The van der Waals surface area contributed by atoms with Crippen molar-refractivity contribution >= 4 is 10.0 Å². The quantitative estimate of drug-likeness (QED) is 0.731. The van der Waals surface area contributed by atoms with Gasteiger partial charge in [-0.1, -0.05) is 29.8 Å². The summed E-state index contributed by atoms with van der Waals surface area (Å²) in [6, 6.07) is 16.7. The second-order valence-corrected chi connectivity index (χ2v) is 7.37. The smallest absolute Gasteiger partial charge is 0.241 e. The Hall–Kier alpha value is -2.57. The van der Waals surface area contributed by atoms with Crippen molar-refractivity contribution in [2.24, 2.45) is 0 Å². The van der Waals surface area contributed by atoms with E-state index in [1.54, 1.807) is 55.6 Å². The lowest BCUT2D eigenvalue weighted by Crippen LogP contribution is -2.29. The van der Waals surface area contributed by atoms with Crippen LogP contribution in [0.1, 0.15) is 22.9 Å². The third-order valence-corrected chi connectivity index (χ3v) is 5.32. The first kappa shape index (κ1) is 17.3. The van der Waals surface area contributed by atoms with Crippen LogP contribution in [0.25, 0.3) is 0 Å². The van der Waals surface area contributed by atoms with Crippen LogP contribution in [-0.4, -0.2) is 15.5 Å². The molecule has 1 aromatic heterocycles. The fourth-order valence-electron chi connectivity index (χ4n) is 2.48. The molecule has 5 nitrogen and oxygen atoms in total. The summed E-state index contributed by atoms with van der Waals surface area (Å²) in [5.41, 5.74) is 1.75. The number of methoxy groups -OCH3 is 1. The van der Waals surface area contributed by atoms with Gasteiger partial charge in [0.15, 0.2) is 0 Å². The third kappa shape index (κ3) is 3.92. The van der Waals surface area contributed by atoms with Crippen molar-refractivity contribution in [2.75, 3.05) is 7.11 Å². The molecule has 3 aromatic rings. The monoisotopic (exact) mass is 357 g/mol. The highest BCUT2D eigenvalue weighted by atomic mass is 32.2. The standard InChI is InChI=1S/C19H19NO4S/c1-14-5-11-17(12-6-14)25(21,22)20-19(18-4-3-13-24-18)15-7-9-16(23-2)10-8-15/h3-13,19-20H,1-2H3/t19-/m0/s1. The molecule has 3 rings (SSSR count). The Labute approximate surface area is 147 Å². The van der Waals surface area contributed by atoms with E-state index >= 15 is 0 Å². The number of aryl methyl sites for hydroxylation is 1. The van der Waals surface area contributed by atoms with E-state index in [0.717, 1.165) is 11.1 Å². The van der Waals surface area contributed by atoms with Crippen molar-refractivity contribution in [3.8, 4) is 5.75 Å². The van der Waals surface area contributed by atoms with Crippen LogP contribution in [0.5, 0.6) is 5.75 Å². The van der Waals surface area contributed by atoms with Crippen LogP contribution in [0.3, 0.4) is 0 Å². The minimum absolute atomic E-state index is 0.211. The molecule has 25 heavy (non-hydrogen) atoms. The van der Waals surface area contributed by atoms with Gasteiger partial charge in [0, 0.05) is 0 Å². The summed E-state index contributed by atoms with van der Waals surface area (Å²) in [5.74, 6) is 1.21. The Morgan fingerprint density at radius 3 is 2.24 bits per heavy atom. The van der Waals surface area contributed by atoms with Gasteiger partial charge in [-0.05, 0) is 48.9 Å². The summed E-state index contributed by atoms with van der Waals surface area (Å²) in [7, 11) is -2.12. The first-order valence-electron chi connectivity index (χ1n) is 7.76. The van der Waals surface area contributed by atoms with Crippen LogP contribution in [0.15, 0.2) is 76.2 Å². The van der Waals surface area contributed by atoms with Crippen LogP contribution in [0.4, 0.5) is 0 Å². The Kier molecular flexibility index (Phi) is 4.92. The number of sulfonamides is 1. The van der Waals surface area contributed by atoms with E-state index in [9.17, 15) is 8.42 Å². The van der Waals surface area contributed by atoms with E-state index in [4.69, 9.17) is 9.15 Å². The highest BCUT2D eigenvalue weighted by Gasteiger charge is 2.24. The molecular weight excluding hydrogens is 338 g/mol. The van der Waals surface area contributed by atoms with E-state index in [0.29, 0.717) is 11.5 Å². The number of furan rings is 1. The summed E-state index contributed by atoms with van der Waals surface area (Å²) < 4.78 is 38.9. The van der Waals surface area contributed by atoms with Crippen molar-refractivity contribution in [2.45, 2.75) is 17.9 Å². The number of benzene rings is 2. The van der Waals surface area contributed by atoms with Crippen molar-refractivity contribution in [1.82, 2.24) is 4.72 Å². The van der Waals surface area contributed by atoms with Crippen LogP contribution in [0.2, 0.25) is 0 Å². The first-order valence-corrected chi connectivity index (χ1v) is 9.24. The normalized spacial score (nSPS) is 12.7. The van der Waals surface area contributed by atoms with Crippen LogP contribution in [0, 0.1) is 6.92 Å². The SMILES string of the molecule is COc1ccc([C@H](NS(=O)(=O)c2ccc(C)cc2)c2ccco2)cc1. The Morgan fingerprint density at radius 1 is 1.00 bits per heavy atom. The highest BCUT2D eigenvalue weighted by molar-refractivity contribution is 7.89. The van der Waals surface area contributed by atoms with Gasteiger partial charge in [0.25, 0.3) is 0 Å². The van der Waals surface area contributed by atoms with Gasteiger partial charge < -0.3 is 9.15 Å². The lowest BCUT2D eigenvalue weighted by atomic mass is 10.1. The molecule has 0 aliphatic heterocycles. The molecule has 0 amide bonds. The minimum atomic E-state index is -3.71. The van der Waals surface area contributed by atoms with E-state index in [1.165, 1.54) is 6.26 Å². The summed E-state index contributed by atoms with van der Waals surface area (Å²) in [6.07, 6.45) is 1.52. The molecule has 0 unspecified atom stereocenters. The molecule has 0 bridgehead atoms. The number of hydrogen-bond donors (Lipinski definition) is 1. The average Bonchev–Trinajstić information content (AvgIpc) is 3.15. The second-order valence-electron chi connectivity index (χ2n) is 5.66. The van der Waals surface area contributed by atoms with Gasteiger partial charge in [-0.15, -0.1) is 0 Å². The van der Waals surface area contributed by atoms with Crippen LogP contribution < -0.4 is 9.46 Å². The maximum atomic E-state index is 12.8. The zero-order chi connectivity index (χ0) is 17.9. The van der Waals surface area contributed by atoms with Gasteiger partial charge in [0.05, 0.1) is 18.3 Å². The molecule has 0 saturated carbocycles. The first-order chi connectivity index (χ1) is 12.0. The van der Waals surface area contributed by atoms with Crippen molar-refractivity contribution in [3.63, 3.8) is 0 Å². The van der Waals surface area contributed by atoms with Gasteiger partial charge in [-0.2, -0.15) is 4.72 Å². The van der Waals surface area contributed by atoms with E-state index < -0.39 is 16.1 Å². The molecule has 2 aromatic carbocycles. The molecule has 0 aliphatic rings. The lowest BCUT2D eigenvalue weighted by Gasteiger charge is -2.18. The number of hydrogen-bond acceptors (Lipinski definition) is 4. The molecule has 6 heteroatoms. The topological polar surface area (TPSA) is 68.5 Å². The predicted octanol–water partition coefficient (Wildman–Crippen LogP) is 3.66. The molecule has 1 heterocycles. The molecule has 1 atom stereocenters. The highest BCUT2D eigenvalue weighted by Crippen LogP contribution is 2.26. The average molecular weight is 357 g/mol. The van der Waals surface area contributed by atoms with E-state index in [2.05, 4.69) is 4.72 Å². The maximum absolute atomic E-state index is 12.8. The molecule has 0 saturated heterocycles. The largest absolute Gasteiger partial charge is 0.497 e. The fraction of sp³-hybridized carbons (Fsp3) is 0.158. The van der Waals surface area contributed by atoms with Gasteiger partial charge in [-0.3, -0.25) is 0 Å². The summed E-state index contributed by atoms with van der Waals surface area (Å²) >= 11 is 0. The Morgan fingerprint density at radius 2 is 1.68 bits per heavy atom. The van der Waals surface area contributed by atoms with Crippen LogP contribution in [-0.2, 0) is 10.0 Å². The van der Waals surface area contributed by atoms with Gasteiger partial charge >= 0.3 is 0 Å². The molecule has 0 aliphatic carbocycles. The van der Waals surface area contributed by atoms with Gasteiger partial charge in [-0.25, -0.2) is 8.42 Å². The summed E-state index contributed by atoms with van der Waals surface area (Å²) in [5, 5.41) is 0. The van der Waals surface area contributed by atoms with Crippen LogP contribution >= 0.6 is 0 Å². The maximum Gasteiger partial charge on any atom is 0.241 e. The zero-order valence-corrected chi connectivity index (χ0v) is 14.8. The molecule has 1 N–H and O–H groups in total. The number of ether oxygens (including phenoxy) is 1. The lowest BCUT2D eigenvalue weighted by molar-refractivity contribution is 0.414. The molecular formula is C19H19NO4S. The Bertz CT molecular complexity index is 915. The Balaban J connectivity index is 1.96. The van der Waals surface area contributed by atoms with Gasteiger partial charge in [0.1, 0.15) is 17.6 Å². The zero-order valence-electron chi connectivity index (χ0n) is 14.0. The van der Waals surface area contributed by atoms with Gasteiger partial charge in [0.2, 0.25) is 10.0 Å². The minimum Gasteiger partial charge on any atom is -0.497 e. The third-order valence-electron chi connectivity index (χ3n) is 3.88. The number of nitrogens with one attached hydrogen (secondary N) is 1. The second kappa shape index (κ2) is 7.13. The molecule has 0 radical (unpaired) electrons. The molecule has 0 spiro atoms. The summed E-state index contributed by atoms with van der Waals surface area (Å²) in [6.45, 7) is 1.91. The van der Waals surface area contributed by atoms with E-state index in [-0.39, 0.29) is 4.90 Å².